The first-order chi connectivity index (χ1) is 10.6. The Kier molecular flexibility index (Phi) is 5.67. The molecule has 0 unspecified atom stereocenters. The van der Waals surface area contributed by atoms with Gasteiger partial charge in [-0.2, -0.15) is 0 Å². The van der Waals surface area contributed by atoms with E-state index in [1.54, 1.807) is 6.07 Å². The number of ether oxygens (including phenoxy) is 1. The number of thiocarbonyl (C=S) groups is 1. The summed E-state index contributed by atoms with van der Waals surface area (Å²) in [4.78, 5) is 23.2. The highest BCUT2D eigenvalue weighted by Gasteiger charge is 2.11. The highest BCUT2D eigenvalue weighted by atomic mass is 32.1. The lowest BCUT2D eigenvalue weighted by Crippen LogP contribution is -2.41. The van der Waals surface area contributed by atoms with E-state index in [1.807, 2.05) is 30.3 Å². The van der Waals surface area contributed by atoms with E-state index in [0.29, 0.717) is 0 Å². The van der Waals surface area contributed by atoms with Crippen molar-refractivity contribution in [2.24, 2.45) is 0 Å². The molecule has 22 heavy (non-hydrogen) atoms. The minimum Gasteiger partial charge on any atom is -0.460 e. The predicted molar refractivity (Wildman–Crippen MR) is 83.0 cm³/mol. The Balaban J connectivity index is 1.67. The van der Waals surface area contributed by atoms with Crippen LogP contribution in [0.2, 0.25) is 0 Å². The molecule has 0 saturated heterocycles. The molecular formula is C15H14N2O4S. The second kappa shape index (κ2) is 7.94. The summed E-state index contributed by atoms with van der Waals surface area (Å²) in [7, 11) is 0. The zero-order valence-electron chi connectivity index (χ0n) is 11.6. The number of benzene rings is 1. The van der Waals surface area contributed by atoms with Gasteiger partial charge in [0.2, 0.25) is 0 Å². The van der Waals surface area contributed by atoms with Crippen molar-refractivity contribution in [3.05, 3.63) is 60.1 Å². The Morgan fingerprint density at radius 3 is 2.59 bits per heavy atom. The van der Waals surface area contributed by atoms with Crippen LogP contribution in [0.15, 0.2) is 53.1 Å². The van der Waals surface area contributed by atoms with Gasteiger partial charge in [-0.3, -0.25) is 14.9 Å². The molecular weight excluding hydrogens is 304 g/mol. The van der Waals surface area contributed by atoms with E-state index in [4.69, 9.17) is 21.4 Å². The number of carbonyl (C=O) groups is 2. The van der Waals surface area contributed by atoms with Gasteiger partial charge in [-0.15, -0.1) is 0 Å². The second-order valence-corrected chi connectivity index (χ2v) is 4.67. The van der Waals surface area contributed by atoms with Gasteiger partial charge in [-0.25, -0.2) is 0 Å². The van der Waals surface area contributed by atoms with Gasteiger partial charge in [0.05, 0.1) is 6.26 Å². The summed E-state index contributed by atoms with van der Waals surface area (Å²) in [6.45, 7) is 0.0526. The van der Waals surface area contributed by atoms with Gasteiger partial charge in [-0.05, 0) is 29.9 Å². The lowest BCUT2D eigenvalue weighted by Gasteiger charge is -2.08. The predicted octanol–water partition coefficient (Wildman–Crippen LogP) is 1.63. The van der Waals surface area contributed by atoms with Gasteiger partial charge < -0.3 is 14.5 Å². The maximum absolute atomic E-state index is 11.6. The number of nitrogens with one attached hydrogen (secondary N) is 2. The summed E-state index contributed by atoms with van der Waals surface area (Å²) in [6, 6.07) is 12.4. The molecule has 0 aliphatic carbocycles. The third kappa shape index (κ3) is 5.02. The summed E-state index contributed by atoms with van der Waals surface area (Å²) in [6.07, 6.45) is 1.38. The van der Waals surface area contributed by atoms with Crippen molar-refractivity contribution in [1.82, 2.24) is 10.6 Å². The summed E-state index contributed by atoms with van der Waals surface area (Å²) in [5.74, 6) is -0.825. The van der Waals surface area contributed by atoms with E-state index < -0.39 is 11.9 Å². The Morgan fingerprint density at radius 1 is 1.14 bits per heavy atom. The van der Waals surface area contributed by atoms with Crippen molar-refractivity contribution in [1.29, 1.82) is 0 Å². The fourth-order valence-corrected chi connectivity index (χ4v) is 1.72. The topological polar surface area (TPSA) is 80.6 Å². The number of carbonyl (C=O) groups excluding carboxylic acids is 2. The summed E-state index contributed by atoms with van der Waals surface area (Å²) >= 11 is 4.91. The Morgan fingerprint density at radius 2 is 1.91 bits per heavy atom. The van der Waals surface area contributed by atoms with Gasteiger partial charge in [0.15, 0.2) is 10.9 Å². The molecule has 0 spiro atoms. The summed E-state index contributed by atoms with van der Waals surface area (Å²) in [5, 5.41) is 5.01. The Hall–Kier alpha value is -2.67. The minimum absolute atomic E-state index is 0.0260. The molecule has 1 heterocycles. The van der Waals surface area contributed by atoms with Gasteiger partial charge in [0, 0.05) is 0 Å². The molecule has 1 amide bonds. The molecule has 2 aromatic rings. The third-order valence-corrected chi connectivity index (χ3v) is 2.85. The van der Waals surface area contributed by atoms with E-state index >= 15 is 0 Å². The smallest absolute Gasteiger partial charge is 0.325 e. The molecule has 0 atom stereocenters. The quantitative estimate of drug-likeness (QED) is 0.644. The number of rotatable bonds is 5. The van der Waals surface area contributed by atoms with Crippen molar-refractivity contribution in [2.45, 2.75) is 6.61 Å². The number of furan rings is 1. The first-order valence-electron chi connectivity index (χ1n) is 6.47. The minimum atomic E-state index is -0.486. The van der Waals surface area contributed by atoms with Crippen molar-refractivity contribution < 1.29 is 18.7 Å². The third-order valence-electron chi connectivity index (χ3n) is 2.61. The average molecular weight is 318 g/mol. The van der Waals surface area contributed by atoms with Gasteiger partial charge in [0.25, 0.3) is 5.91 Å². The van der Waals surface area contributed by atoms with Crippen LogP contribution in [0.25, 0.3) is 0 Å². The van der Waals surface area contributed by atoms with Crippen molar-refractivity contribution in [2.75, 3.05) is 6.54 Å². The van der Waals surface area contributed by atoms with Gasteiger partial charge in [0.1, 0.15) is 13.2 Å². The number of esters is 1. The largest absolute Gasteiger partial charge is 0.460 e. The second-order valence-electron chi connectivity index (χ2n) is 4.26. The molecule has 0 aliphatic heterocycles. The zero-order chi connectivity index (χ0) is 15.8. The van der Waals surface area contributed by atoms with Crippen LogP contribution < -0.4 is 10.6 Å². The Labute approximate surface area is 132 Å². The molecule has 0 fully saturated rings. The van der Waals surface area contributed by atoms with Crippen LogP contribution in [0.5, 0.6) is 0 Å². The van der Waals surface area contributed by atoms with E-state index in [0.717, 1.165) is 5.56 Å². The highest BCUT2D eigenvalue weighted by molar-refractivity contribution is 7.80. The van der Waals surface area contributed by atoms with E-state index in [-0.39, 0.29) is 24.0 Å². The maximum Gasteiger partial charge on any atom is 0.325 e. The molecule has 0 radical (unpaired) electrons. The monoisotopic (exact) mass is 318 g/mol. The van der Waals surface area contributed by atoms with Gasteiger partial charge >= 0.3 is 5.97 Å². The highest BCUT2D eigenvalue weighted by Crippen LogP contribution is 2.00. The SMILES string of the molecule is O=C(CNC(=S)NC(=O)c1ccco1)OCc1ccccc1. The molecule has 6 nitrogen and oxygen atoms in total. The van der Waals surface area contributed by atoms with Crippen molar-refractivity contribution in [3.8, 4) is 0 Å². The normalized spacial score (nSPS) is 9.82. The van der Waals surface area contributed by atoms with Crippen molar-refractivity contribution >= 4 is 29.2 Å². The van der Waals surface area contributed by atoms with Crippen LogP contribution in [0, 0.1) is 0 Å². The summed E-state index contributed by atoms with van der Waals surface area (Å²) in [5.41, 5.74) is 0.893. The average Bonchev–Trinajstić information content (AvgIpc) is 3.06. The van der Waals surface area contributed by atoms with Crippen LogP contribution in [0.3, 0.4) is 0 Å². The lowest BCUT2D eigenvalue weighted by atomic mass is 10.2. The standard InChI is InChI=1S/C15H14N2O4S/c18-13(21-10-11-5-2-1-3-6-11)9-16-15(22)17-14(19)12-7-4-8-20-12/h1-8H,9-10H2,(H2,16,17,19,22). The molecule has 1 aromatic carbocycles. The first-order valence-corrected chi connectivity index (χ1v) is 6.88. The molecule has 2 rings (SSSR count). The van der Waals surface area contributed by atoms with E-state index in [9.17, 15) is 9.59 Å². The first kappa shape index (κ1) is 15.7. The Bertz CT molecular complexity index is 641. The van der Waals surface area contributed by atoms with Crippen molar-refractivity contribution in [3.63, 3.8) is 0 Å². The molecule has 0 aliphatic rings. The van der Waals surface area contributed by atoms with E-state index in [2.05, 4.69) is 10.6 Å². The van der Waals surface area contributed by atoms with Crippen LogP contribution in [-0.4, -0.2) is 23.5 Å². The number of hydrogen-bond acceptors (Lipinski definition) is 5. The zero-order valence-corrected chi connectivity index (χ0v) is 12.4. The van der Waals surface area contributed by atoms with Crippen LogP contribution >= 0.6 is 12.2 Å². The molecule has 1 aromatic heterocycles. The molecule has 0 bridgehead atoms. The fourth-order valence-electron chi connectivity index (χ4n) is 1.56. The fraction of sp³-hybridized carbons (Fsp3) is 0.133. The maximum atomic E-state index is 11.6. The van der Waals surface area contributed by atoms with E-state index in [1.165, 1.54) is 12.3 Å². The summed E-state index contributed by atoms with van der Waals surface area (Å²) < 4.78 is 9.98. The molecule has 2 N–H and O–H groups in total. The van der Waals surface area contributed by atoms with Crippen LogP contribution in [0.1, 0.15) is 16.1 Å². The number of amides is 1. The van der Waals surface area contributed by atoms with Gasteiger partial charge in [-0.1, -0.05) is 30.3 Å². The molecule has 114 valence electrons. The van der Waals surface area contributed by atoms with Crippen LogP contribution in [0.4, 0.5) is 0 Å². The molecule has 7 heteroatoms. The molecule has 0 saturated carbocycles. The van der Waals surface area contributed by atoms with Crippen LogP contribution in [-0.2, 0) is 16.1 Å². The lowest BCUT2D eigenvalue weighted by molar-refractivity contribution is -0.143. The number of hydrogen-bond donors (Lipinski definition) is 2.